The Hall–Kier alpha value is -1.64. The summed E-state index contributed by atoms with van der Waals surface area (Å²) in [6.45, 7) is 0.159. The molecule has 0 saturated heterocycles. The van der Waals surface area contributed by atoms with Crippen LogP contribution in [0.3, 0.4) is 0 Å². The molecule has 0 aliphatic heterocycles. The molecular formula is C14H19NO6. The summed E-state index contributed by atoms with van der Waals surface area (Å²) in [5, 5.41) is 38.2. The van der Waals surface area contributed by atoms with Crippen molar-refractivity contribution in [3.05, 3.63) is 35.9 Å². The summed E-state index contributed by atoms with van der Waals surface area (Å²) in [6.07, 6.45) is -5.58. The largest absolute Gasteiger partial charge is 0.394 e. The molecular weight excluding hydrogens is 278 g/mol. The SMILES string of the molecule is CC(=O)C(=O)[C@@](N)(c1ccccc1)[C@@H](O)[C@@H](O)[C@H](O)CO. The molecule has 6 N–H and O–H groups in total. The Morgan fingerprint density at radius 2 is 1.71 bits per heavy atom. The molecule has 0 fully saturated rings. The molecule has 0 aliphatic rings. The first kappa shape index (κ1) is 17.4. The Labute approximate surface area is 121 Å². The van der Waals surface area contributed by atoms with Gasteiger partial charge < -0.3 is 26.2 Å². The minimum absolute atomic E-state index is 0.113. The van der Waals surface area contributed by atoms with Crippen LogP contribution in [0.2, 0.25) is 0 Å². The predicted octanol–water partition coefficient (Wildman–Crippen LogP) is -1.93. The lowest BCUT2D eigenvalue weighted by atomic mass is 9.77. The molecule has 0 amide bonds. The maximum absolute atomic E-state index is 12.1. The standard InChI is InChI=1S/C14H19NO6/c1-8(17)12(20)14(15,9-5-3-2-4-6-9)13(21)11(19)10(18)7-16/h2-6,10-11,13,16,18-19,21H,7,15H2,1H3/t10-,11+,13+,14+/m1/s1. The molecule has 0 aliphatic carbocycles. The second kappa shape index (κ2) is 6.88. The van der Waals surface area contributed by atoms with Gasteiger partial charge in [-0.2, -0.15) is 0 Å². The van der Waals surface area contributed by atoms with Crippen molar-refractivity contribution in [2.45, 2.75) is 30.8 Å². The Kier molecular flexibility index (Phi) is 5.70. The van der Waals surface area contributed by atoms with Crippen LogP contribution in [0.4, 0.5) is 0 Å². The molecule has 116 valence electrons. The zero-order valence-electron chi connectivity index (χ0n) is 11.5. The topological polar surface area (TPSA) is 141 Å². The van der Waals surface area contributed by atoms with Crippen molar-refractivity contribution in [3.63, 3.8) is 0 Å². The molecule has 21 heavy (non-hydrogen) atoms. The van der Waals surface area contributed by atoms with E-state index in [4.69, 9.17) is 10.8 Å². The molecule has 0 unspecified atom stereocenters. The van der Waals surface area contributed by atoms with E-state index in [2.05, 4.69) is 0 Å². The van der Waals surface area contributed by atoms with Gasteiger partial charge in [-0.1, -0.05) is 30.3 Å². The van der Waals surface area contributed by atoms with Gasteiger partial charge in [0.15, 0.2) is 5.78 Å². The van der Waals surface area contributed by atoms with E-state index < -0.39 is 42.0 Å². The van der Waals surface area contributed by atoms with Gasteiger partial charge in [0.1, 0.15) is 23.9 Å². The minimum atomic E-state index is -2.22. The summed E-state index contributed by atoms with van der Waals surface area (Å²) < 4.78 is 0. The van der Waals surface area contributed by atoms with Crippen LogP contribution in [0.1, 0.15) is 12.5 Å². The van der Waals surface area contributed by atoms with Crippen LogP contribution in [0.15, 0.2) is 30.3 Å². The van der Waals surface area contributed by atoms with E-state index in [0.717, 1.165) is 6.92 Å². The summed E-state index contributed by atoms with van der Waals surface area (Å²) in [5.41, 5.74) is 3.82. The van der Waals surface area contributed by atoms with Gasteiger partial charge in [0.2, 0.25) is 5.78 Å². The quantitative estimate of drug-likeness (QED) is 0.369. The van der Waals surface area contributed by atoms with Crippen LogP contribution in [-0.2, 0) is 15.1 Å². The lowest BCUT2D eigenvalue weighted by Crippen LogP contribution is -2.62. The number of carbonyl (C=O) groups excluding carboxylic acids is 2. The van der Waals surface area contributed by atoms with Crippen molar-refractivity contribution in [3.8, 4) is 0 Å². The molecule has 0 radical (unpaired) electrons. The highest BCUT2D eigenvalue weighted by atomic mass is 16.4. The van der Waals surface area contributed by atoms with Gasteiger partial charge in [0.05, 0.1) is 6.61 Å². The van der Waals surface area contributed by atoms with Crippen molar-refractivity contribution in [1.82, 2.24) is 0 Å². The first-order valence-corrected chi connectivity index (χ1v) is 6.31. The van der Waals surface area contributed by atoms with Gasteiger partial charge in [-0.05, 0) is 5.56 Å². The summed E-state index contributed by atoms with van der Waals surface area (Å²) in [4.78, 5) is 23.5. The number of benzene rings is 1. The average molecular weight is 297 g/mol. The molecule has 4 atom stereocenters. The van der Waals surface area contributed by atoms with E-state index in [1.165, 1.54) is 12.1 Å². The molecule has 0 saturated carbocycles. The zero-order valence-corrected chi connectivity index (χ0v) is 11.5. The highest BCUT2D eigenvalue weighted by molar-refractivity contribution is 6.39. The molecule has 1 aromatic rings. The summed E-state index contributed by atoms with van der Waals surface area (Å²) in [5.74, 6) is -2.00. The normalized spacial score (nSPS) is 18.4. The smallest absolute Gasteiger partial charge is 0.225 e. The van der Waals surface area contributed by atoms with Crippen LogP contribution < -0.4 is 5.73 Å². The highest BCUT2D eigenvalue weighted by Crippen LogP contribution is 2.27. The lowest BCUT2D eigenvalue weighted by molar-refractivity contribution is -0.149. The second-order valence-electron chi connectivity index (χ2n) is 4.81. The first-order chi connectivity index (χ1) is 9.76. The third-order valence-corrected chi connectivity index (χ3v) is 3.32. The molecule has 0 spiro atoms. The Balaban J connectivity index is 3.33. The van der Waals surface area contributed by atoms with Gasteiger partial charge >= 0.3 is 0 Å². The second-order valence-corrected chi connectivity index (χ2v) is 4.81. The van der Waals surface area contributed by atoms with E-state index in [1.54, 1.807) is 18.2 Å². The summed E-state index contributed by atoms with van der Waals surface area (Å²) >= 11 is 0. The molecule has 0 aromatic heterocycles. The Morgan fingerprint density at radius 3 is 2.14 bits per heavy atom. The van der Waals surface area contributed by atoms with Crippen LogP contribution in [0.25, 0.3) is 0 Å². The van der Waals surface area contributed by atoms with E-state index in [-0.39, 0.29) is 5.56 Å². The number of nitrogens with two attached hydrogens (primary N) is 1. The number of ketones is 2. The van der Waals surface area contributed by atoms with Crippen molar-refractivity contribution < 1.29 is 30.0 Å². The predicted molar refractivity (Wildman–Crippen MR) is 73.1 cm³/mol. The van der Waals surface area contributed by atoms with Crippen LogP contribution in [0.5, 0.6) is 0 Å². The first-order valence-electron chi connectivity index (χ1n) is 6.31. The molecule has 1 aromatic carbocycles. The maximum Gasteiger partial charge on any atom is 0.225 e. The van der Waals surface area contributed by atoms with Gasteiger partial charge in [-0.25, -0.2) is 0 Å². The van der Waals surface area contributed by atoms with Gasteiger partial charge in [-0.15, -0.1) is 0 Å². The number of aliphatic hydroxyl groups excluding tert-OH is 4. The fourth-order valence-corrected chi connectivity index (χ4v) is 2.03. The van der Waals surface area contributed by atoms with Gasteiger partial charge in [-0.3, -0.25) is 9.59 Å². The van der Waals surface area contributed by atoms with Crippen molar-refractivity contribution in [1.29, 1.82) is 0 Å². The van der Waals surface area contributed by atoms with E-state index in [9.17, 15) is 24.9 Å². The van der Waals surface area contributed by atoms with Crippen molar-refractivity contribution in [2.75, 3.05) is 6.61 Å². The van der Waals surface area contributed by atoms with Crippen molar-refractivity contribution >= 4 is 11.6 Å². The Bertz CT molecular complexity index is 505. The molecule has 0 bridgehead atoms. The molecule has 7 nitrogen and oxygen atoms in total. The van der Waals surface area contributed by atoms with E-state index >= 15 is 0 Å². The summed E-state index contributed by atoms with van der Waals surface area (Å²) in [6, 6.07) is 7.58. The fraction of sp³-hybridized carbons (Fsp3) is 0.429. The van der Waals surface area contributed by atoms with E-state index in [0.29, 0.717) is 0 Å². The van der Waals surface area contributed by atoms with Crippen LogP contribution >= 0.6 is 0 Å². The third kappa shape index (κ3) is 3.34. The maximum atomic E-state index is 12.1. The summed E-state index contributed by atoms with van der Waals surface area (Å²) in [7, 11) is 0. The number of rotatable bonds is 7. The number of aliphatic hydroxyl groups is 4. The van der Waals surface area contributed by atoms with E-state index in [1.807, 2.05) is 0 Å². The fourth-order valence-electron chi connectivity index (χ4n) is 2.03. The lowest BCUT2D eigenvalue weighted by Gasteiger charge is -2.36. The van der Waals surface area contributed by atoms with Crippen LogP contribution in [0, 0.1) is 0 Å². The number of Topliss-reactive ketones (excluding diaryl/α,β-unsaturated/α-hetero) is 2. The van der Waals surface area contributed by atoms with Crippen molar-refractivity contribution in [2.24, 2.45) is 5.73 Å². The van der Waals surface area contributed by atoms with Gasteiger partial charge in [0.25, 0.3) is 0 Å². The number of hydrogen-bond donors (Lipinski definition) is 5. The Morgan fingerprint density at radius 1 is 1.19 bits per heavy atom. The average Bonchev–Trinajstić information content (AvgIpc) is 2.51. The van der Waals surface area contributed by atoms with Crippen LogP contribution in [-0.4, -0.2) is 56.9 Å². The number of carbonyl (C=O) groups is 2. The molecule has 1 rings (SSSR count). The third-order valence-electron chi connectivity index (χ3n) is 3.32. The highest BCUT2D eigenvalue weighted by Gasteiger charge is 2.49. The minimum Gasteiger partial charge on any atom is -0.394 e. The van der Waals surface area contributed by atoms with Gasteiger partial charge in [0, 0.05) is 6.92 Å². The zero-order chi connectivity index (χ0) is 16.2. The molecule has 0 heterocycles. The molecule has 7 heteroatoms. The number of hydrogen-bond acceptors (Lipinski definition) is 7. The monoisotopic (exact) mass is 297 g/mol.